The first-order valence-electron chi connectivity index (χ1n) is 2.72. The minimum absolute atomic E-state index is 1.08. The van der Waals surface area contributed by atoms with Crippen molar-refractivity contribution in [1.29, 1.82) is 0 Å². The van der Waals surface area contributed by atoms with Crippen molar-refractivity contribution in [2.45, 2.75) is 0 Å². The molecule has 2 nitrogen and oxygen atoms in total. The molecule has 0 fully saturated rings. The lowest BCUT2D eigenvalue weighted by atomic mass is 10.6. The molecular formula is C6H6N2S. The lowest BCUT2D eigenvalue weighted by Gasteiger charge is -1.84. The van der Waals surface area contributed by atoms with Gasteiger partial charge >= 0.3 is 0 Å². The molecule has 0 aliphatic carbocycles. The van der Waals surface area contributed by atoms with Crippen molar-refractivity contribution in [1.82, 2.24) is 9.55 Å². The Kier molecular flexibility index (Phi) is 0.873. The fourth-order valence-electron chi connectivity index (χ4n) is 0.878. The molecule has 0 aliphatic rings. The summed E-state index contributed by atoms with van der Waals surface area (Å²) in [5.74, 6) is 0. The minimum Gasteiger partial charge on any atom is -0.335 e. The fourth-order valence-corrected chi connectivity index (χ4v) is 1.59. The molecule has 0 atom stereocenters. The summed E-state index contributed by atoms with van der Waals surface area (Å²) in [6, 6.07) is 2.08. The van der Waals surface area contributed by atoms with Crippen LogP contribution in [0.3, 0.4) is 0 Å². The summed E-state index contributed by atoms with van der Waals surface area (Å²) >= 11 is 1.68. The minimum atomic E-state index is 1.08. The first-order chi connectivity index (χ1) is 4.38. The summed E-state index contributed by atoms with van der Waals surface area (Å²) in [4.78, 5) is 4.16. The highest BCUT2D eigenvalue weighted by Gasteiger charge is 1.96. The Bertz CT molecular complexity index is 320. The topological polar surface area (TPSA) is 17.8 Å². The Labute approximate surface area is 56.8 Å². The number of thiazole rings is 1. The third kappa shape index (κ3) is 0.580. The van der Waals surface area contributed by atoms with E-state index in [-0.39, 0.29) is 0 Å². The van der Waals surface area contributed by atoms with E-state index in [1.165, 1.54) is 4.70 Å². The standard InChI is InChI=1S/C6H6N2S/c1-8-3-2-5-6(8)7-4-9-5/h2-4H,1H3. The van der Waals surface area contributed by atoms with Crippen molar-refractivity contribution in [3.63, 3.8) is 0 Å². The Hall–Kier alpha value is -0.830. The third-order valence-corrected chi connectivity index (χ3v) is 2.14. The first-order valence-corrected chi connectivity index (χ1v) is 3.60. The molecule has 0 radical (unpaired) electrons. The highest BCUT2D eigenvalue weighted by Crippen LogP contribution is 2.16. The van der Waals surface area contributed by atoms with Crippen molar-refractivity contribution in [3.05, 3.63) is 17.8 Å². The maximum Gasteiger partial charge on any atom is 0.150 e. The highest BCUT2D eigenvalue weighted by molar-refractivity contribution is 7.16. The Morgan fingerprint density at radius 2 is 2.56 bits per heavy atom. The first kappa shape index (κ1) is 4.99. The van der Waals surface area contributed by atoms with Gasteiger partial charge in [0.25, 0.3) is 0 Å². The number of nitrogens with zero attached hydrogens (tertiary/aromatic N) is 2. The molecule has 2 heterocycles. The molecule has 2 aromatic rings. The number of aromatic nitrogens is 2. The van der Waals surface area contributed by atoms with E-state index in [1.807, 2.05) is 23.3 Å². The Morgan fingerprint density at radius 3 is 3.33 bits per heavy atom. The van der Waals surface area contributed by atoms with Crippen LogP contribution < -0.4 is 0 Å². The zero-order valence-corrected chi connectivity index (χ0v) is 5.85. The zero-order chi connectivity index (χ0) is 6.27. The van der Waals surface area contributed by atoms with Crippen molar-refractivity contribution < 1.29 is 0 Å². The van der Waals surface area contributed by atoms with Crippen LogP contribution >= 0.6 is 11.3 Å². The normalized spacial score (nSPS) is 10.8. The van der Waals surface area contributed by atoms with E-state index < -0.39 is 0 Å². The van der Waals surface area contributed by atoms with E-state index in [9.17, 15) is 0 Å². The second kappa shape index (κ2) is 1.57. The second-order valence-corrected chi connectivity index (χ2v) is 2.85. The number of rotatable bonds is 0. The molecule has 3 heteroatoms. The quantitative estimate of drug-likeness (QED) is 0.541. The van der Waals surface area contributed by atoms with Crippen LogP contribution in [0.15, 0.2) is 17.8 Å². The summed E-state index contributed by atoms with van der Waals surface area (Å²) in [5, 5.41) is 0. The SMILES string of the molecule is Cn1ccc2scnc21. The Morgan fingerprint density at radius 1 is 1.67 bits per heavy atom. The largest absolute Gasteiger partial charge is 0.335 e. The molecular weight excluding hydrogens is 132 g/mol. The molecule has 9 heavy (non-hydrogen) atoms. The van der Waals surface area contributed by atoms with Crippen LogP contribution in [0, 0.1) is 0 Å². The van der Waals surface area contributed by atoms with Gasteiger partial charge in [-0.05, 0) is 6.07 Å². The summed E-state index contributed by atoms with van der Waals surface area (Å²) in [7, 11) is 2.00. The van der Waals surface area contributed by atoms with E-state index in [4.69, 9.17) is 0 Å². The average Bonchev–Trinajstić information content (AvgIpc) is 2.35. The molecule has 2 aromatic heterocycles. The van der Waals surface area contributed by atoms with Gasteiger partial charge in [0.2, 0.25) is 0 Å². The molecule has 46 valence electrons. The lowest BCUT2D eigenvalue weighted by Crippen LogP contribution is -1.82. The fraction of sp³-hybridized carbons (Fsp3) is 0.167. The molecule has 0 bridgehead atoms. The maximum atomic E-state index is 4.16. The van der Waals surface area contributed by atoms with Crippen molar-refractivity contribution >= 4 is 21.7 Å². The van der Waals surface area contributed by atoms with Gasteiger partial charge in [0.15, 0.2) is 5.65 Å². The second-order valence-electron chi connectivity index (χ2n) is 1.97. The van der Waals surface area contributed by atoms with Gasteiger partial charge in [-0.3, -0.25) is 0 Å². The van der Waals surface area contributed by atoms with E-state index in [1.54, 1.807) is 11.3 Å². The monoisotopic (exact) mass is 138 g/mol. The van der Waals surface area contributed by atoms with Gasteiger partial charge in [0.1, 0.15) is 0 Å². The van der Waals surface area contributed by atoms with Crippen LogP contribution in [0.25, 0.3) is 10.3 Å². The van der Waals surface area contributed by atoms with Gasteiger partial charge in [0.05, 0.1) is 10.2 Å². The van der Waals surface area contributed by atoms with Gasteiger partial charge in [-0.25, -0.2) is 4.98 Å². The summed E-state index contributed by atoms with van der Waals surface area (Å²) in [6.45, 7) is 0. The predicted molar refractivity (Wildman–Crippen MR) is 38.6 cm³/mol. The van der Waals surface area contributed by atoms with Crippen LogP contribution in [0.5, 0.6) is 0 Å². The van der Waals surface area contributed by atoms with Crippen LogP contribution in [-0.4, -0.2) is 9.55 Å². The van der Waals surface area contributed by atoms with Gasteiger partial charge in [0, 0.05) is 13.2 Å². The van der Waals surface area contributed by atoms with Crippen molar-refractivity contribution in [2.75, 3.05) is 0 Å². The molecule has 0 unspecified atom stereocenters. The van der Waals surface area contributed by atoms with Gasteiger partial charge < -0.3 is 4.57 Å². The van der Waals surface area contributed by atoms with E-state index in [0.29, 0.717) is 0 Å². The predicted octanol–water partition coefficient (Wildman–Crippen LogP) is 1.63. The molecule has 2 rings (SSSR count). The van der Waals surface area contributed by atoms with Crippen molar-refractivity contribution in [2.24, 2.45) is 7.05 Å². The molecule has 0 spiro atoms. The number of aryl methyl sites for hydroxylation is 1. The Balaban J connectivity index is 2.99. The van der Waals surface area contributed by atoms with Crippen LogP contribution in [0.4, 0.5) is 0 Å². The van der Waals surface area contributed by atoms with Gasteiger partial charge in [-0.2, -0.15) is 0 Å². The van der Waals surface area contributed by atoms with Crippen LogP contribution in [-0.2, 0) is 7.05 Å². The summed E-state index contributed by atoms with van der Waals surface area (Å²) < 4.78 is 3.28. The van der Waals surface area contributed by atoms with Crippen LogP contribution in [0.2, 0.25) is 0 Å². The van der Waals surface area contributed by atoms with Gasteiger partial charge in [-0.15, -0.1) is 11.3 Å². The number of fused-ring (bicyclic) bond motifs is 1. The van der Waals surface area contributed by atoms with E-state index in [0.717, 1.165) is 5.65 Å². The maximum absolute atomic E-state index is 4.16. The van der Waals surface area contributed by atoms with Gasteiger partial charge in [-0.1, -0.05) is 0 Å². The molecule has 0 aliphatic heterocycles. The number of hydrogen-bond donors (Lipinski definition) is 0. The molecule has 0 N–H and O–H groups in total. The van der Waals surface area contributed by atoms with E-state index >= 15 is 0 Å². The smallest absolute Gasteiger partial charge is 0.150 e. The zero-order valence-electron chi connectivity index (χ0n) is 5.03. The van der Waals surface area contributed by atoms with Crippen LogP contribution in [0.1, 0.15) is 0 Å². The third-order valence-electron chi connectivity index (χ3n) is 1.36. The lowest BCUT2D eigenvalue weighted by molar-refractivity contribution is 0.951. The summed E-state index contributed by atoms with van der Waals surface area (Å²) in [5.41, 5.74) is 2.95. The molecule has 0 saturated heterocycles. The molecule has 0 aromatic carbocycles. The average molecular weight is 138 g/mol. The molecule has 0 amide bonds. The highest BCUT2D eigenvalue weighted by atomic mass is 32.1. The van der Waals surface area contributed by atoms with Crippen molar-refractivity contribution in [3.8, 4) is 0 Å². The number of hydrogen-bond acceptors (Lipinski definition) is 2. The molecule has 0 saturated carbocycles. The van der Waals surface area contributed by atoms with E-state index in [2.05, 4.69) is 11.1 Å². The summed E-state index contributed by atoms with van der Waals surface area (Å²) in [6.07, 6.45) is 2.02.